The lowest BCUT2D eigenvalue weighted by molar-refractivity contribution is -0.149. The Morgan fingerprint density at radius 3 is 2.92 bits per heavy atom. The number of hydrogen-bond acceptors (Lipinski definition) is 3. The third kappa shape index (κ3) is 2.70. The molecule has 1 aliphatic rings. The average molecular weight is 188 g/mol. The molecule has 1 rings (SSSR count). The van der Waals surface area contributed by atoms with E-state index in [-0.39, 0.29) is 11.9 Å². The Hall–Kier alpha value is -0.180. The molecule has 0 aromatic rings. The first-order chi connectivity index (χ1) is 5.74. The highest BCUT2D eigenvalue weighted by Crippen LogP contribution is 2.28. The van der Waals surface area contributed by atoms with Crippen LogP contribution in [-0.4, -0.2) is 17.8 Å². The largest absolute Gasteiger partial charge is 0.466 e. The summed E-state index contributed by atoms with van der Waals surface area (Å²) in [4.78, 5) is 11.3. The van der Waals surface area contributed by atoms with Gasteiger partial charge in [0.25, 0.3) is 0 Å². The third-order valence-electron chi connectivity index (χ3n) is 2.27. The molecule has 0 saturated heterocycles. The van der Waals surface area contributed by atoms with Crippen LogP contribution >= 0.6 is 12.6 Å². The maximum atomic E-state index is 11.3. The fourth-order valence-electron chi connectivity index (χ4n) is 1.64. The molecule has 2 nitrogen and oxygen atoms in total. The molecule has 1 saturated carbocycles. The highest BCUT2D eigenvalue weighted by molar-refractivity contribution is 7.80. The predicted molar refractivity (Wildman–Crippen MR) is 51.4 cm³/mol. The van der Waals surface area contributed by atoms with E-state index in [0.717, 1.165) is 25.7 Å². The van der Waals surface area contributed by atoms with Crippen molar-refractivity contribution in [2.45, 2.75) is 37.9 Å². The van der Waals surface area contributed by atoms with E-state index in [1.807, 2.05) is 6.92 Å². The smallest absolute Gasteiger partial charge is 0.308 e. The van der Waals surface area contributed by atoms with E-state index in [4.69, 9.17) is 4.74 Å². The first kappa shape index (κ1) is 9.90. The van der Waals surface area contributed by atoms with Gasteiger partial charge in [-0.25, -0.2) is 0 Å². The van der Waals surface area contributed by atoms with Crippen molar-refractivity contribution in [3.63, 3.8) is 0 Å². The molecule has 3 heteroatoms. The van der Waals surface area contributed by atoms with Crippen molar-refractivity contribution in [1.29, 1.82) is 0 Å². The number of thiol groups is 1. The highest BCUT2D eigenvalue weighted by atomic mass is 32.1. The van der Waals surface area contributed by atoms with Crippen LogP contribution in [0.2, 0.25) is 0 Å². The molecule has 1 aliphatic carbocycles. The number of carbonyl (C=O) groups is 1. The average Bonchev–Trinajstić information content (AvgIpc) is 2.05. The van der Waals surface area contributed by atoms with Crippen LogP contribution in [0.15, 0.2) is 0 Å². The van der Waals surface area contributed by atoms with Crippen LogP contribution in [0.5, 0.6) is 0 Å². The Balaban J connectivity index is 2.35. The lowest BCUT2D eigenvalue weighted by Gasteiger charge is -2.24. The monoisotopic (exact) mass is 188 g/mol. The number of hydrogen-bond donors (Lipinski definition) is 1. The van der Waals surface area contributed by atoms with E-state index in [1.165, 1.54) is 0 Å². The Kier molecular flexibility index (Phi) is 3.92. The molecule has 0 spiro atoms. The molecule has 0 amide bonds. The van der Waals surface area contributed by atoms with Crippen LogP contribution in [0, 0.1) is 5.92 Å². The summed E-state index contributed by atoms with van der Waals surface area (Å²) in [6.45, 7) is 2.34. The van der Waals surface area contributed by atoms with Gasteiger partial charge in [0.1, 0.15) is 0 Å². The molecule has 12 heavy (non-hydrogen) atoms. The topological polar surface area (TPSA) is 26.3 Å². The van der Waals surface area contributed by atoms with E-state index in [1.54, 1.807) is 0 Å². The highest BCUT2D eigenvalue weighted by Gasteiger charge is 2.26. The summed E-state index contributed by atoms with van der Waals surface area (Å²) in [6, 6.07) is 0. The fourth-order valence-corrected chi connectivity index (χ4v) is 2.08. The summed E-state index contributed by atoms with van der Waals surface area (Å²) in [6.07, 6.45) is 4.12. The van der Waals surface area contributed by atoms with Gasteiger partial charge in [-0.1, -0.05) is 6.42 Å². The van der Waals surface area contributed by atoms with E-state index >= 15 is 0 Å². The van der Waals surface area contributed by atoms with Gasteiger partial charge in [0, 0.05) is 5.25 Å². The number of carbonyl (C=O) groups excluding carboxylic acids is 1. The Morgan fingerprint density at radius 1 is 1.58 bits per heavy atom. The van der Waals surface area contributed by atoms with Crippen molar-refractivity contribution in [3.8, 4) is 0 Å². The zero-order valence-corrected chi connectivity index (χ0v) is 8.35. The lowest BCUT2D eigenvalue weighted by Crippen LogP contribution is -2.24. The Labute approximate surface area is 79.1 Å². The molecule has 70 valence electrons. The predicted octanol–water partition coefficient (Wildman–Crippen LogP) is 2.04. The van der Waals surface area contributed by atoms with Crippen LogP contribution in [0.25, 0.3) is 0 Å². The Morgan fingerprint density at radius 2 is 2.33 bits per heavy atom. The maximum absolute atomic E-state index is 11.3. The van der Waals surface area contributed by atoms with Crippen molar-refractivity contribution in [1.82, 2.24) is 0 Å². The number of esters is 1. The van der Waals surface area contributed by atoms with Crippen LogP contribution < -0.4 is 0 Å². The summed E-state index contributed by atoms with van der Waals surface area (Å²) in [5.41, 5.74) is 0. The van der Waals surface area contributed by atoms with Gasteiger partial charge in [-0.15, -0.1) is 0 Å². The minimum absolute atomic E-state index is 0.0312. The minimum Gasteiger partial charge on any atom is -0.466 e. The molecule has 1 fully saturated rings. The molecule has 0 aliphatic heterocycles. The molecular formula is C9H16O2S. The van der Waals surface area contributed by atoms with Gasteiger partial charge < -0.3 is 4.74 Å². The van der Waals surface area contributed by atoms with Crippen LogP contribution in [0.4, 0.5) is 0 Å². The molecular weight excluding hydrogens is 172 g/mol. The SMILES string of the molecule is CCOC(=O)C1CCCC(S)C1. The van der Waals surface area contributed by atoms with Gasteiger partial charge in [-0.05, 0) is 26.2 Å². The summed E-state index contributed by atoms with van der Waals surface area (Å²) >= 11 is 4.38. The summed E-state index contributed by atoms with van der Waals surface area (Å²) in [5.74, 6) is 0.0810. The van der Waals surface area contributed by atoms with Crippen LogP contribution in [0.3, 0.4) is 0 Å². The van der Waals surface area contributed by atoms with Crippen molar-refractivity contribution < 1.29 is 9.53 Å². The molecule has 2 unspecified atom stereocenters. The molecule has 0 aromatic carbocycles. The van der Waals surface area contributed by atoms with Crippen LogP contribution in [0.1, 0.15) is 32.6 Å². The summed E-state index contributed by atoms with van der Waals surface area (Å²) < 4.78 is 4.96. The van der Waals surface area contributed by atoms with Gasteiger partial charge in [0.05, 0.1) is 12.5 Å². The zero-order chi connectivity index (χ0) is 8.97. The third-order valence-corrected chi connectivity index (χ3v) is 2.74. The first-order valence-electron chi connectivity index (χ1n) is 4.58. The lowest BCUT2D eigenvalue weighted by atomic mass is 9.89. The quantitative estimate of drug-likeness (QED) is 0.530. The molecule has 0 N–H and O–H groups in total. The number of ether oxygens (including phenoxy) is 1. The second kappa shape index (κ2) is 4.75. The molecule has 0 heterocycles. The first-order valence-corrected chi connectivity index (χ1v) is 5.10. The van der Waals surface area contributed by atoms with Gasteiger partial charge in [-0.2, -0.15) is 12.6 Å². The molecule has 0 radical (unpaired) electrons. The summed E-state index contributed by atoms with van der Waals surface area (Å²) in [7, 11) is 0. The van der Waals surface area contributed by atoms with Crippen LogP contribution in [-0.2, 0) is 9.53 Å². The van der Waals surface area contributed by atoms with Crippen molar-refractivity contribution in [3.05, 3.63) is 0 Å². The fraction of sp³-hybridized carbons (Fsp3) is 0.889. The Bertz CT molecular complexity index is 159. The van der Waals surface area contributed by atoms with Gasteiger partial charge in [0.15, 0.2) is 0 Å². The molecule has 0 bridgehead atoms. The van der Waals surface area contributed by atoms with Crippen molar-refractivity contribution in [2.75, 3.05) is 6.61 Å². The van der Waals surface area contributed by atoms with E-state index < -0.39 is 0 Å². The second-order valence-electron chi connectivity index (χ2n) is 3.27. The number of rotatable bonds is 2. The summed E-state index contributed by atoms with van der Waals surface area (Å²) in [5, 5.41) is 0.396. The van der Waals surface area contributed by atoms with Gasteiger partial charge >= 0.3 is 5.97 Å². The molecule has 2 atom stereocenters. The van der Waals surface area contributed by atoms with E-state index in [9.17, 15) is 4.79 Å². The zero-order valence-electron chi connectivity index (χ0n) is 7.45. The normalized spacial score (nSPS) is 29.8. The van der Waals surface area contributed by atoms with E-state index in [0.29, 0.717) is 11.9 Å². The van der Waals surface area contributed by atoms with Gasteiger partial charge in [-0.3, -0.25) is 4.79 Å². The van der Waals surface area contributed by atoms with E-state index in [2.05, 4.69) is 12.6 Å². The minimum atomic E-state index is -0.0312. The van der Waals surface area contributed by atoms with Crippen molar-refractivity contribution in [2.24, 2.45) is 5.92 Å². The maximum Gasteiger partial charge on any atom is 0.308 e. The molecule has 0 aromatic heterocycles. The van der Waals surface area contributed by atoms with Crippen molar-refractivity contribution >= 4 is 18.6 Å². The standard InChI is InChI=1S/C9H16O2S/c1-2-11-9(10)7-4-3-5-8(12)6-7/h7-8,12H,2-6H2,1H3. The van der Waals surface area contributed by atoms with Gasteiger partial charge in [0.2, 0.25) is 0 Å². The second-order valence-corrected chi connectivity index (χ2v) is 4.00.